The zero-order chi connectivity index (χ0) is 15.6. The SMILES string of the molecule is C=C(C)[C@H]1CCc2ccc(O)cc2[C@]1(C)CCC(=O)OC. The highest BCUT2D eigenvalue weighted by Gasteiger charge is 2.41. The summed E-state index contributed by atoms with van der Waals surface area (Å²) >= 11 is 0. The molecule has 1 aromatic carbocycles. The van der Waals surface area contributed by atoms with Gasteiger partial charge in [-0.15, -0.1) is 0 Å². The van der Waals surface area contributed by atoms with E-state index < -0.39 is 0 Å². The first-order valence-corrected chi connectivity index (χ1v) is 7.43. The molecule has 1 aromatic rings. The second-order valence-electron chi connectivity index (χ2n) is 6.27. The molecule has 0 fully saturated rings. The van der Waals surface area contributed by atoms with E-state index in [9.17, 15) is 9.90 Å². The molecule has 0 saturated carbocycles. The Labute approximate surface area is 126 Å². The Bertz CT molecular complexity index is 562. The van der Waals surface area contributed by atoms with Gasteiger partial charge in [-0.3, -0.25) is 4.79 Å². The molecule has 0 amide bonds. The van der Waals surface area contributed by atoms with E-state index in [0.29, 0.717) is 18.8 Å². The van der Waals surface area contributed by atoms with Gasteiger partial charge in [-0.1, -0.05) is 25.1 Å². The van der Waals surface area contributed by atoms with Crippen LogP contribution < -0.4 is 0 Å². The summed E-state index contributed by atoms with van der Waals surface area (Å²) in [6, 6.07) is 5.58. The number of allylic oxidation sites excluding steroid dienone is 1. The lowest BCUT2D eigenvalue weighted by Crippen LogP contribution is -2.38. The lowest BCUT2D eigenvalue weighted by Gasteiger charge is -2.44. The maximum Gasteiger partial charge on any atom is 0.305 e. The molecule has 0 bridgehead atoms. The van der Waals surface area contributed by atoms with E-state index in [2.05, 4.69) is 20.4 Å². The highest BCUT2D eigenvalue weighted by Crippen LogP contribution is 2.48. The standard InChI is InChI=1S/C18H24O3/c1-12(2)15-8-6-13-5-7-14(19)11-16(13)18(15,3)10-9-17(20)21-4/h5,7,11,15,19H,1,6,8-10H2,2-4H3/t15-,18-/m1/s1. The lowest BCUT2D eigenvalue weighted by atomic mass is 9.60. The van der Waals surface area contributed by atoms with Crippen LogP contribution in [0.5, 0.6) is 5.75 Å². The van der Waals surface area contributed by atoms with E-state index in [-0.39, 0.29) is 17.1 Å². The van der Waals surface area contributed by atoms with Crippen LogP contribution >= 0.6 is 0 Å². The molecule has 3 heteroatoms. The summed E-state index contributed by atoms with van der Waals surface area (Å²) in [5, 5.41) is 9.85. The Balaban J connectivity index is 2.42. The summed E-state index contributed by atoms with van der Waals surface area (Å²) in [6.07, 6.45) is 3.10. The van der Waals surface area contributed by atoms with E-state index in [1.54, 1.807) is 6.07 Å². The highest BCUT2D eigenvalue weighted by molar-refractivity contribution is 5.69. The smallest absolute Gasteiger partial charge is 0.305 e. The average Bonchev–Trinajstić information content (AvgIpc) is 2.45. The topological polar surface area (TPSA) is 46.5 Å². The molecule has 2 atom stereocenters. The summed E-state index contributed by atoms with van der Waals surface area (Å²) in [5.41, 5.74) is 3.35. The van der Waals surface area contributed by atoms with Gasteiger partial charge in [-0.2, -0.15) is 0 Å². The van der Waals surface area contributed by atoms with Crippen LogP contribution in [0, 0.1) is 5.92 Å². The Kier molecular flexibility index (Phi) is 4.40. The van der Waals surface area contributed by atoms with Crippen molar-refractivity contribution >= 4 is 5.97 Å². The molecule has 0 aliphatic heterocycles. The van der Waals surface area contributed by atoms with Gasteiger partial charge >= 0.3 is 5.97 Å². The number of hydrogen-bond donors (Lipinski definition) is 1. The van der Waals surface area contributed by atoms with Crippen LogP contribution in [0.15, 0.2) is 30.4 Å². The van der Waals surface area contributed by atoms with Crippen molar-refractivity contribution in [3.05, 3.63) is 41.5 Å². The fourth-order valence-corrected chi connectivity index (χ4v) is 3.68. The minimum absolute atomic E-state index is 0.188. The zero-order valence-electron chi connectivity index (χ0n) is 13.1. The number of phenols is 1. The Morgan fingerprint density at radius 2 is 2.24 bits per heavy atom. The van der Waals surface area contributed by atoms with Gasteiger partial charge in [0.15, 0.2) is 0 Å². The number of aromatic hydroxyl groups is 1. The highest BCUT2D eigenvalue weighted by atomic mass is 16.5. The predicted molar refractivity (Wildman–Crippen MR) is 83.3 cm³/mol. The Hall–Kier alpha value is -1.77. The Morgan fingerprint density at radius 1 is 1.52 bits per heavy atom. The molecule has 0 heterocycles. The molecule has 114 valence electrons. The van der Waals surface area contributed by atoms with Crippen LogP contribution in [-0.4, -0.2) is 18.2 Å². The summed E-state index contributed by atoms with van der Waals surface area (Å²) in [7, 11) is 1.42. The number of phenolic OH excluding ortho intramolecular Hbond substituents is 1. The van der Waals surface area contributed by atoms with Crippen LogP contribution in [-0.2, 0) is 21.4 Å². The monoisotopic (exact) mass is 288 g/mol. The molecule has 21 heavy (non-hydrogen) atoms. The third-order valence-electron chi connectivity index (χ3n) is 4.85. The summed E-state index contributed by atoms with van der Waals surface area (Å²) < 4.78 is 4.78. The number of ether oxygens (including phenoxy) is 1. The van der Waals surface area contributed by atoms with E-state index in [0.717, 1.165) is 24.0 Å². The van der Waals surface area contributed by atoms with Gasteiger partial charge in [0.2, 0.25) is 0 Å². The van der Waals surface area contributed by atoms with Gasteiger partial charge in [0.25, 0.3) is 0 Å². The first-order chi connectivity index (χ1) is 9.88. The molecule has 0 unspecified atom stereocenters. The summed E-state index contributed by atoms with van der Waals surface area (Å²) in [5.74, 6) is 0.404. The van der Waals surface area contributed by atoms with Crippen molar-refractivity contribution in [3.8, 4) is 5.75 Å². The van der Waals surface area contributed by atoms with E-state index in [1.807, 2.05) is 12.1 Å². The number of fused-ring (bicyclic) bond motifs is 1. The van der Waals surface area contributed by atoms with Crippen LogP contribution in [0.3, 0.4) is 0 Å². The molecule has 1 aliphatic carbocycles. The minimum Gasteiger partial charge on any atom is -0.508 e. The second-order valence-corrected chi connectivity index (χ2v) is 6.27. The van der Waals surface area contributed by atoms with Gasteiger partial charge in [0, 0.05) is 6.42 Å². The third-order valence-corrected chi connectivity index (χ3v) is 4.85. The molecular weight excluding hydrogens is 264 g/mol. The van der Waals surface area contributed by atoms with Crippen molar-refractivity contribution in [3.63, 3.8) is 0 Å². The molecule has 3 nitrogen and oxygen atoms in total. The number of carbonyl (C=O) groups excluding carboxylic acids is 1. The molecule has 0 spiro atoms. The van der Waals surface area contributed by atoms with Crippen molar-refractivity contribution in [2.24, 2.45) is 5.92 Å². The lowest BCUT2D eigenvalue weighted by molar-refractivity contribution is -0.141. The molecular formula is C18H24O3. The van der Waals surface area contributed by atoms with Crippen molar-refractivity contribution in [2.45, 2.75) is 44.9 Å². The van der Waals surface area contributed by atoms with Crippen molar-refractivity contribution in [2.75, 3.05) is 7.11 Å². The molecule has 0 radical (unpaired) electrons. The maximum absolute atomic E-state index is 11.6. The second kappa shape index (κ2) is 5.92. The zero-order valence-corrected chi connectivity index (χ0v) is 13.1. The summed E-state index contributed by atoms with van der Waals surface area (Å²) in [4.78, 5) is 11.6. The number of esters is 1. The maximum atomic E-state index is 11.6. The van der Waals surface area contributed by atoms with Gasteiger partial charge in [-0.25, -0.2) is 0 Å². The van der Waals surface area contributed by atoms with E-state index in [4.69, 9.17) is 4.74 Å². The fraction of sp³-hybridized carbons (Fsp3) is 0.500. The summed E-state index contributed by atoms with van der Waals surface area (Å²) in [6.45, 7) is 8.36. The minimum atomic E-state index is -0.191. The number of benzene rings is 1. The average molecular weight is 288 g/mol. The number of carbonyl (C=O) groups is 1. The van der Waals surface area contributed by atoms with Crippen molar-refractivity contribution in [1.82, 2.24) is 0 Å². The first kappa shape index (κ1) is 15.6. The van der Waals surface area contributed by atoms with E-state index >= 15 is 0 Å². The van der Waals surface area contributed by atoms with Gasteiger partial charge < -0.3 is 9.84 Å². The predicted octanol–water partition coefficient (Wildman–Crippen LogP) is 3.74. The number of aryl methyl sites for hydroxylation is 1. The quantitative estimate of drug-likeness (QED) is 0.678. The first-order valence-electron chi connectivity index (χ1n) is 7.43. The number of rotatable bonds is 4. The van der Waals surface area contributed by atoms with E-state index in [1.165, 1.54) is 12.7 Å². The van der Waals surface area contributed by atoms with Crippen LogP contribution in [0.4, 0.5) is 0 Å². The molecule has 2 rings (SSSR count). The van der Waals surface area contributed by atoms with Gasteiger partial charge in [0.05, 0.1) is 7.11 Å². The van der Waals surface area contributed by atoms with Crippen molar-refractivity contribution < 1.29 is 14.6 Å². The number of hydrogen-bond acceptors (Lipinski definition) is 3. The molecule has 1 N–H and O–H groups in total. The third kappa shape index (κ3) is 2.97. The number of methoxy groups -OCH3 is 1. The van der Waals surface area contributed by atoms with Gasteiger partial charge in [-0.05, 0) is 60.8 Å². The fourth-order valence-electron chi connectivity index (χ4n) is 3.68. The van der Waals surface area contributed by atoms with Gasteiger partial charge in [0.1, 0.15) is 5.75 Å². The largest absolute Gasteiger partial charge is 0.508 e. The van der Waals surface area contributed by atoms with Crippen LogP contribution in [0.25, 0.3) is 0 Å². The van der Waals surface area contributed by atoms with Crippen LogP contribution in [0.1, 0.15) is 44.2 Å². The molecule has 1 aliphatic rings. The Morgan fingerprint density at radius 3 is 2.86 bits per heavy atom. The normalized spacial score (nSPS) is 24.2. The van der Waals surface area contributed by atoms with Crippen LogP contribution in [0.2, 0.25) is 0 Å². The molecule has 0 aromatic heterocycles. The van der Waals surface area contributed by atoms with Crippen molar-refractivity contribution in [1.29, 1.82) is 0 Å². The molecule has 0 saturated heterocycles.